The number of piperidine rings is 1. The summed E-state index contributed by atoms with van der Waals surface area (Å²) in [5.74, 6) is -0.376. The highest BCUT2D eigenvalue weighted by Gasteiger charge is 2.50. The van der Waals surface area contributed by atoms with Crippen LogP contribution in [0.3, 0.4) is 0 Å². The highest BCUT2D eigenvalue weighted by Crippen LogP contribution is 2.47. The van der Waals surface area contributed by atoms with Crippen LogP contribution in [0.5, 0.6) is 0 Å². The van der Waals surface area contributed by atoms with Gasteiger partial charge in [0.1, 0.15) is 0 Å². The molecule has 1 heterocycles. The highest BCUT2D eigenvalue weighted by molar-refractivity contribution is 5.15. The molecule has 0 aromatic heterocycles. The zero-order valence-corrected chi connectivity index (χ0v) is 8.82. The van der Waals surface area contributed by atoms with Gasteiger partial charge >= 0.3 is 0 Å². The van der Waals surface area contributed by atoms with Crippen molar-refractivity contribution in [3.05, 3.63) is 35.9 Å². The van der Waals surface area contributed by atoms with Gasteiger partial charge < -0.3 is 0 Å². The van der Waals surface area contributed by atoms with Crippen LogP contribution in [0.4, 0.5) is 4.39 Å². The summed E-state index contributed by atoms with van der Waals surface area (Å²) in [4.78, 5) is 2.02. The van der Waals surface area contributed by atoms with E-state index in [0.29, 0.717) is 5.92 Å². The van der Waals surface area contributed by atoms with E-state index in [1.165, 1.54) is 5.56 Å². The zero-order chi connectivity index (χ0) is 10.3. The Labute approximate surface area is 89.9 Å². The average Bonchev–Trinajstić information content (AvgIpc) is 2.75. The second kappa shape index (κ2) is 3.31. The lowest BCUT2D eigenvalue weighted by Gasteiger charge is -2.32. The van der Waals surface area contributed by atoms with E-state index in [4.69, 9.17) is 0 Å². The number of nitrogens with zero attached hydrogens (tertiary/aromatic N) is 1. The molecule has 0 amide bonds. The molecule has 2 fully saturated rings. The van der Waals surface area contributed by atoms with Gasteiger partial charge in [-0.25, -0.2) is 4.39 Å². The Kier molecular flexibility index (Phi) is 2.06. The maximum absolute atomic E-state index is 14.4. The normalized spacial score (nSPS) is 34.9. The molecule has 2 atom stereocenters. The molecule has 0 N–H and O–H groups in total. The van der Waals surface area contributed by atoms with E-state index in [0.717, 1.165) is 32.4 Å². The molecule has 1 nitrogen and oxygen atoms in total. The van der Waals surface area contributed by atoms with Gasteiger partial charge in [0.15, 0.2) is 5.79 Å². The summed E-state index contributed by atoms with van der Waals surface area (Å²) >= 11 is 0. The number of likely N-dealkylation sites (tertiary alicyclic amines) is 1. The van der Waals surface area contributed by atoms with Crippen molar-refractivity contribution in [3.63, 3.8) is 0 Å². The molecular weight excluding hydrogens is 189 g/mol. The predicted octanol–water partition coefficient (Wildman–Crippen LogP) is 2.97. The van der Waals surface area contributed by atoms with Crippen LogP contribution in [0.2, 0.25) is 0 Å². The molecule has 1 aromatic rings. The van der Waals surface area contributed by atoms with Gasteiger partial charge in [-0.1, -0.05) is 30.3 Å². The van der Waals surface area contributed by atoms with Crippen LogP contribution in [-0.2, 0) is 6.54 Å². The molecule has 1 aliphatic carbocycles. The van der Waals surface area contributed by atoms with Gasteiger partial charge in [0, 0.05) is 13.1 Å². The minimum Gasteiger partial charge on any atom is -0.267 e. The first-order valence-corrected chi connectivity index (χ1v) is 5.74. The smallest absolute Gasteiger partial charge is 0.164 e. The third-order valence-corrected chi connectivity index (χ3v) is 3.80. The fraction of sp³-hybridized carbons (Fsp3) is 0.538. The predicted molar refractivity (Wildman–Crippen MR) is 58.0 cm³/mol. The first-order valence-electron chi connectivity index (χ1n) is 5.74. The zero-order valence-electron chi connectivity index (χ0n) is 8.82. The van der Waals surface area contributed by atoms with E-state index in [9.17, 15) is 4.39 Å². The number of fused-ring (bicyclic) bond motifs is 2. The Bertz CT molecular complexity index is 351. The van der Waals surface area contributed by atoms with E-state index in [-0.39, 0.29) is 0 Å². The molecule has 2 unspecified atom stereocenters. The maximum Gasteiger partial charge on any atom is 0.164 e. The molecule has 1 saturated carbocycles. The molecule has 3 rings (SSSR count). The largest absolute Gasteiger partial charge is 0.267 e. The Balaban J connectivity index is 1.75. The molecule has 0 radical (unpaired) electrons. The Morgan fingerprint density at radius 2 is 2.13 bits per heavy atom. The molecule has 15 heavy (non-hydrogen) atoms. The second-order valence-electron chi connectivity index (χ2n) is 4.89. The summed E-state index contributed by atoms with van der Waals surface area (Å²) in [7, 11) is 0. The summed E-state index contributed by atoms with van der Waals surface area (Å²) in [6.07, 6.45) is 2.59. The van der Waals surface area contributed by atoms with Crippen molar-refractivity contribution < 1.29 is 4.39 Å². The van der Waals surface area contributed by atoms with Crippen molar-refractivity contribution in [2.75, 3.05) is 6.54 Å². The molecular formula is C13H16FN. The third kappa shape index (κ3) is 1.57. The fourth-order valence-electron chi connectivity index (χ4n) is 3.00. The van der Waals surface area contributed by atoms with Gasteiger partial charge in [-0.3, -0.25) is 4.90 Å². The number of halogens is 1. The first kappa shape index (κ1) is 9.34. The quantitative estimate of drug-likeness (QED) is 0.671. The van der Waals surface area contributed by atoms with E-state index in [1.807, 2.05) is 23.1 Å². The molecule has 2 bridgehead atoms. The highest BCUT2D eigenvalue weighted by atomic mass is 19.1. The van der Waals surface area contributed by atoms with Gasteiger partial charge in [-0.15, -0.1) is 0 Å². The van der Waals surface area contributed by atoms with Crippen molar-refractivity contribution in [1.82, 2.24) is 4.90 Å². The molecule has 1 aliphatic heterocycles. The molecule has 1 saturated heterocycles. The summed E-state index contributed by atoms with van der Waals surface area (Å²) < 4.78 is 14.4. The standard InChI is InChI=1S/C13H16FN/c14-13-7-6-12(8-13)10-15(13)9-11-4-2-1-3-5-11/h1-5,12H,6-10H2. The monoisotopic (exact) mass is 205 g/mol. The van der Waals surface area contributed by atoms with Crippen molar-refractivity contribution in [2.24, 2.45) is 5.92 Å². The number of rotatable bonds is 2. The van der Waals surface area contributed by atoms with Crippen LogP contribution in [0.15, 0.2) is 30.3 Å². The lowest BCUT2D eigenvalue weighted by Crippen LogP contribution is -2.40. The number of hydrogen-bond acceptors (Lipinski definition) is 1. The van der Waals surface area contributed by atoms with Crippen molar-refractivity contribution in [3.8, 4) is 0 Å². The minimum absolute atomic E-state index is 0.610. The summed E-state index contributed by atoms with van der Waals surface area (Å²) in [6.45, 7) is 1.72. The van der Waals surface area contributed by atoms with Gasteiger partial charge in [0.2, 0.25) is 0 Å². The fourth-order valence-corrected chi connectivity index (χ4v) is 3.00. The molecule has 1 aromatic carbocycles. The van der Waals surface area contributed by atoms with Crippen LogP contribution in [-0.4, -0.2) is 17.2 Å². The molecule has 2 aliphatic rings. The lowest BCUT2D eigenvalue weighted by atomic mass is 10.1. The summed E-state index contributed by atoms with van der Waals surface area (Å²) in [6, 6.07) is 10.2. The van der Waals surface area contributed by atoms with E-state index >= 15 is 0 Å². The summed E-state index contributed by atoms with van der Waals surface area (Å²) in [5, 5.41) is 0. The van der Waals surface area contributed by atoms with Crippen molar-refractivity contribution in [2.45, 2.75) is 31.6 Å². The van der Waals surface area contributed by atoms with Gasteiger partial charge in [-0.2, -0.15) is 0 Å². The number of hydrogen-bond donors (Lipinski definition) is 0. The van der Waals surface area contributed by atoms with Crippen molar-refractivity contribution >= 4 is 0 Å². The number of alkyl halides is 1. The molecule has 2 heteroatoms. The van der Waals surface area contributed by atoms with Crippen molar-refractivity contribution in [1.29, 1.82) is 0 Å². The SMILES string of the molecule is FC12CCC(CN1Cc1ccccc1)C2. The second-order valence-corrected chi connectivity index (χ2v) is 4.89. The van der Waals surface area contributed by atoms with Gasteiger partial charge in [0.05, 0.1) is 0 Å². The van der Waals surface area contributed by atoms with E-state index in [1.54, 1.807) is 0 Å². The minimum atomic E-state index is -0.986. The van der Waals surface area contributed by atoms with Crippen LogP contribution in [0.1, 0.15) is 24.8 Å². The van der Waals surface area contributed by atoms with Crippen LogP contribution >= 0.6 is 0 Å². The average molecular weight is 205 g/mol. The van der Waals surface area contributed by atoms with E-state index < -0.39 is 5.79 Å². The van der Waals surface area contributed by atoms with Gasteiger partial charge in [0.25, 0.3) is 0 Å². The third-order valence-electron chi connectivity index (χ3n) is 3.80. The van der Waals surface area contributed by atoms with Crippen LogP contribution in [0, 0.1) is 5.92 Å². The van der Waals surface area contributed by atoms with Gasteiger partial charge in [-0.05, 0) is 30.7 Å². The topological polar surface area (TPSA) is 3.24 Å². The maximum atomic E-state index is 14.4. The molecule has 80 valence electrons. The summed E-state index contributed by atoms with van der Waals surface area (Å²) in [5.41, 5.74) is 1.22. The first-order chi connectivity index (χ1) is 7.26. The van der Waals surface area contributed by atoms with E-state index in [2.05, 4.69) is 12.1 Å². The number of benzene rings is 1. The van der Waals surface area contributed by atoms with Crippen LogP contribution < -0.4 is 0 Å². The van der Waals surface area contributed by atoms with Crippen LogP contribution in [0.25, 0.3) is 0 Å². The lowest BCUT2D eigenvalue weighted by molar-refractivity contribution is -0.0131. The Morgan fingerprint density at radius 3 is 2.73 bits per heavy atom. The Morgan fingerprint density at radius 1 is 1.33 bits per heavy atom. The molecule has 0 spiro atoms. The Hall–Kier alpha value is -0.890.